The first-order valence-corrected chi connectivity index (χ1v) is 6.98. The Labute approximate surface area is 114 Å². The lowest BCUT2D eigenvalue weighted by atomic mass is 10.0. The number of hydrogen-bond acceptors (Lipinski definition) is 5. The Hall–Kier alpha value is -0.620. The Bertz CT molecular complexity index is 393. The molecule has 1 aromatic rings. The maximum atomic E-state index is 11.7. The molecule has 96 valence electrons. The molecule has 6 heteroatoms. The van der Waals surface area contributed by atoms with Gasteiger partial charge in [0, 0.05) is 0 Å². The number of nitrogens with zero attached hydrogens (tertiary/aromatic N) is 1. The summed E-state index contributed by atoms with van der Waals surface area (Å²) in [6.07, 6.45) is 0.732. The number of aryl methyl sites for hydroxylation is 1. The van der Waals surface area contributed by atoms with E-state index in [0.717, 1.165) is 21.6 Å². The molecule has 0 aliphatic rings. The summed E-state index contributed by atoms with van der Waals surface area (Å²) in [6, 6.07) is -0.323. The van der Waals surface area contributed by atoms with E-state index in [1.807, 2.05) is 6.92 Å². The van der Waals surface area contributed by atoms with E-state index in [1.165, 1.54) is 18.6 Å². The zero-order chi connectivity index (χ0) is 13.0. The Morgan fingerprint density at radius 2 is 2.24 bits per heavy atom. The van der Waals surface area contributed by atoms with Gasteiger partial charge in [-0.15, -0.1) is 0 Å². The van der Waals surface area contributed by atoms with E-state index in [9.17, 15) is 4.79 Å². The summed E-state index contributed by atoms with van der Waals surface area (Å²) in [5.41, 5.74) is 0.922. The average Bonchev–Trinajstić information content (AvgIpc) is 2.58. The lowest BCUT2D eigenvalue weighted by molar-refractivity contribution is -0.141. The van der Waals surface area contributed by atoms with Crippen LogP contribution in [0.2, 0.25) is 0 Å². The van der Waals surface area contributed by atoms with Gasteiger partial charge in [-0.2, -0.15) is 4.37 Å². The van der Waals surface area contributed by atoms with E-state index in [0.29, 0.717) is 5.92 Å². The smallest absolute Gasteiger partial charge is 0.328 e. The second-order valence-corrected chi connectivity index (χ2v) is 5.83. The van der Waals surface area contributed by atoms with Gasteiger partial charge < -0.3 is 10.1 Å². The fourth-order valence-electron chi connectivity index (χ4n) is 1.43. The van der Waals surface area contributed by atoms with Crippen molar-refractivity contribution in [2.75, 3.05) is 12.4 Å². The summed E-state index contributed by atoms with van der Waals surface area (Å²) >= 11 is 4.79. The molecule has 0 saturated carbocycles. The summed E-state index contributed by atoms with van der Waals surface area (Å²) < 4.78 is 9.93. The topological polar surface area (TPSA) is 51.2 Å². The van der Waals surface area contributed by atoms with Crippen LogP contribution >= 0.6 is 27.5 Å². The highest BCUT2D eigenvalue weighted by atomic mass is 79.9. The molecular formula is C11H17BrN2O2S. The van der Waals surface area contributed by atoms with Crippen LogP contribution in [-0.4, -0.2) is 23.5 Å². The maximum absolute atomic E-state index is 11.7. The number of carbonyl (C=O) groups is 1. The van der Waals surface area contributed by atoms with Gasteiger partial charge in [0.25, 0.3) is 0 Å². The zero-order valence-corrected chi connectivity index (χ0v) is 12.8. The molecular weight excluding hydrogens is 304 g/mol. The van der Waals surface area contributed by atoms with Crippen LogP contribution in [0.5, 0.6) is 0 Å². The summed E-state index contributed by atoms with van der Waals surface area (Å²) in [6.45, 7) is 6.07. The third-order valence-electron chi connectivity index (χ3n) is 2.29. The molecule has 1 N–H and O–H groups in total. The SMILES string of the molecule is COC(=O)[C@@H](CC(C)C)Nc1snc(C)c1Br. The Kier molecular flexibility index (Phi) is 5.39. The van der Waals surface area contributed by atoms with Crippen LogP contribution in [0, 0.1) is 12.8 Å². The number of halogens is 1. The minimum Gasteiger partial charge on any atom is -0.467 e. The molecule has 0 aliphatic carbocycles. The van der Waals surface area contributed by atoms with Gasteiger partial charge in [-0.3, -0.25) is 0 Å². The van der Waals surface area contributed by atoms with Crippen LogP contribution in [0.3, 0.4) is 0 Å². The van der Waals surface area contributed by atoms with E-state index >= 15 is 0 Å². The molecule has 0 fully saturated rings. The van der Waals surface area contributed by atoms with Crippen molar-refractivity contribution in [2.24, 2.45) is 5.92 Å². The number of methoxy groups -OCH3 is 1. The number of aromatic nitrogens is 1. The molecule has 0 radical (unpaired) electrons. The standard InChI is InChI=1S/C11H17BrN2O2S/c1-6(2)5-8(11(15)16-4)13-10-9(12)7(3)14-17-10/h6,8,13H,5H2,1-4H3/t8-/m1/s1. The monoisotopic (exact) mass is 320 g/mol. The number of anilines is 1. The minimum absolute atomic E-state index is 0.239. The molecule has 0 saturated heterocycles. The third kappa shape index (κ3) is 3.96. The highest BCUT2D eigenvalue weighted by Crippen LogP contribution is 2.31. The van der Waals surface area contributed by atoms with Crippen molar-refractivity contribution in [3.8, 4) is 0 Å². The van der Waals surface area contributed by atoms with E-state index in [1.54, 1.807) is 0 Å². The van der Waals surface area contributed by atoms with Crippen LogP contribution < -0.4 is 5.32 Å². The quantitative estimate of drug-likeness (QED) is 0.846. The molecule has 0 unspecified atom stereocenters. The zero-order valence-electron chi connectivity index (χ0n) is 10.4. The highest BCUT2D eigenvalue weighted by molar-refractivity contribution is 9.10. The van der Waals surface area contributed by atoms with Crippen molar-refractivity contribution in [2.45, 2.75) is 33.2 Å². The third-order valence-corrected chi connectivity index (χ3v) is 4.39. The van der Waals surface area contributed by atoms with Crippen molar-refractivity contribution in [3.63, 3.8) is 0 Å². The molecule has 0 aromatic carbocycles. The van der Waals surface area contributed by atoms with Crippen molar-refractivity contribution >= 4 is 38.4 Å². The minimum atomic E-state index is -0.323. The Morgan fingerprint density at radius 3 is 2.65 bits per heavy atom. The largest absolute Gasteiger partial charge is 0.467 e. The fraction of sp³-hybridized carbons (Fsp3) is 0.636. The van der Waals surface area contributed by atoms with E-state index in [4.69, 9.17) is 4.74 Å². The number of ether oxygens (including phenoxy) is 1. The number of nitrogens with one attached hydrogen (secondary N) is 1. The van der Waals surface area contributed by atoms with Gasteiger partial charge in [0.1, 0.15) is 11.0 Å². The van der Waals surface area contributed by atoms with Crippen LogP contribution in [0.1, 0.15) is 26.0 Å². The van der Waals surface area contributed by atoms with Gasteiger partial charge in [0.2, 0.25) is 0 Å². The lowest BCUT2D eigenvalue weighted by Gasteiger charge is -2.18. The van der Waals surface area contributed by atoms with Crippen LogP contribution in [0.4, 0.5) is 5.00 Å². The van der Waals surface area contributed by atoms with Crippen molar-refractivity contribution < 1.29 is 9.53 Å². The average molecular weight is 321 g/mol. The van der Waals surface area contributed by atoms with Gasteiger partial charge in [-0.1, -0.05) is 13.8 Å². The Balaban J connectivity index is 2.79. The lowest BCUT2D eigenvalue weighted by Crippen LogP contribution is -2.31. The first-order valence-electron chi connectivity index (χ1n) is 5.41. The molecule has 0 spiro atoms. The number of rotatable bonds is 5. The first-order chi connectivity index (χ1) is 7.95. The van der Waals surface area contributed by atoms with Gasteiger partial charge in [-0.05, 0) is 46.7 Å². The second-order valence-electron chi connectivity index (χ2n) is 4.26. The number of carbonyl (C=O) groups excluding carboxylic acids is 1. The van der Waals surface area contributed by atoms with Crippen molar-refractivity contribution in [1.29, 1.82) is 0 Å². The maximum Gasteiger partial charge on any atom is 0.328 e. The van der Waals surface area contributed by atoms with Crippen LogP contribution in [0.15, 0.2) is 4.47 Å². The first kappa shape index (κ1) is 14.4. The molecule has 1 aromatic heterocycles. The van der Waals surface area contributed by atoms with Gasteiger partial charge in [-0.25, -0.2) is 4.79 Å². The molecule has 1 atom stereocenters. The van der Waals surface area contributed by atoms with E-state index in [-0.39, 0.29) is 12.0 Å². The molecule has 17 heavy (non-hydrogen) atoms. The summed E-state index contributed by atoms with van der Waals surface area (Å²) in [5, 5.41) is 4.06. The molecule has 1 rings (SSSR count). The predicted molar refractivity (Wildman–Crippen MR) is 73.4 cm³/mol. The molecule has 0 aliphatic heterocycles. The normalized spacial score (nSPS) is 12.6. The molecule has 0 amide bonds. The molecule has 4 nitrogen and oxygen atoms in total. The summed E-state index contributed by atoms with van der Waals surface area (Å²) in [7, 11) is 1.41. The predicted octanol–water partition coefficient (Wildman–Crippen LogP) is 3.21. The number of hydrogen-bond donors (Lipinski definition) is 1. The van der Waals surface area contributed by atoms with Gasteiger partial charge in [0.05, 0.1) is 17.3 Å². The van der Waals surface area contributed by atoms with Crippen molar-refractivity contribution in [3.05, 3.63) is 10.2 Å². The number of esters is 1. The van der Waals surface area contributed by atoms with Crippen molar-refractivity contribution in [1.82, 2.24) is 4.37 Å². The van der Waals surface area contributed by atoms with Crippen LogP contribution in [0.25, 0.3) is 0 Å². The summed E-state index contributed by atoms with van der Waals surface area (Å²) in [5.74, 6) is 0.177. The second kappa shape index (κ2) is 6.35. The highest BCUT2D eigenvalue weighted by Gasteiger charge is 2.22. The van der Waals surface area contributed by atoms with E-state index < -0.39 is 0 Å². The van der Waals surface area contributed by atoms with Crippen LogP contribution in [-0.2, 0) is 9.53 Å². The molecule has 0 bridgehead atoms. The molecule has 1 heterocycles. The Morgan fingerprint density at radius 1 is 1.59 bits per heavy atom. The fourth-order valence-corrected chi connectivity index (χ4v) is 2.71. The van der Waals surface area contributed by atoms with Gasteiger partial charge >= 0.3 is 5.97 Å². The van der Waals surface area contributed by atoms with Gasteiger partial charge in [0.15, 0.2) is 0 Å². The van der Waals surface area contributed by atoms with E-state index in [2.05, 4.69) is 39.5 Å². The summed E-state index contributed by atoms with van der Waals surface area (Å²) in [4.78, 5) is 11.7.